The summed E-state index contributed by atoms with van der Waals surface area (Å²) in [5, 5.41) is 14.9. The maximum atomic E-state index is 4.26. The molecular formula is C18H29IN6. The van der Waals surface area contributed by atoms with Gasteiger partial charge in [-0.1, -0.05) is 44.9 Å². The van der Waals surface area contributed by atoms with Crippen LogP contribution in [0.5, 0.6) is 0 Å². The number of aliphatic imine (C=N–C) groups is 1. The number of nitrogens with zero attached hydrogens (tertiary/aromatic N) is 4. The Bertz CT molecular complexity index is 624. The summed E-state index contributed by atoms with van der Waals surface area (Å²) in [5.41, 5.74) is 1.05. The fraction of sp³-hybridized carbons (Fsp3) is 0.500. The van der Waals surface area contributed by atoms with E-state index in [0.29, 0.717) is 6.54 Å². The molecule has 1 aromatic carbocycles. The molecule has 0 unspecified atom stereocenters. The number of benzene rings is 1. The largest absolute Gasteiger partial charge is 0.356 e. The summed E-state index contributed by atoms with van der Waals surface area (Å²) in [6, 6.07) is 10.1. The van der Waals surface area contributed by atoms with E-state index in [1.165, 1.54) is 12.8 Å². The summed E-state index contributed by atoms with van der Waals surface area (Å²) < 4.78 is 1.98. The monoisotopic (exact) mass is 456 g/mol. The van der Waals surface area contributed by atoms with Gasteiger partial charge in [-0.2, -0.15) is 0 Å². The molecule has 0 aliphatic carbocycles. The molecule has 6 nitrogen and oxygen atoms in total. The van der Waals surface area contributed by atoms with E-state index in [1.807, 2.05) is 34.9 Å². The van der Waals surface area contributed by atoms with Gasteiger partial charge in [0.05, 0.1) is 6.54 Å². The second kappa shape index (κ2) is 11.8. The minimum atomic E-state index is 0. The van der Waals surface area contributed by atoms with Gasteiger partial charge < -0.3 is 10.6 Å². The lowest BCUT2D eigenvalue weighted by atomic mass is 10.1. The Balaban J connectivity index is 0.00000312. The highest BCUT2D eigenvalue weighted by atomic mass is 127. The molecule has 1 aromatic heterocycles. The molecule has 2 N–H and O–H groups in total. The molecule has 7 heteroatoms. The van der Waals surface area contributed by atoms with Crippen molar-refractivity contribution in [1.29, 1.82) is 0 Å². The SMILES string of the molecule is CN=C(NCCCCC(C)C)NCc1nncn1-c1ccccc1.I. The molecule has 1 heterocycles. The summed E-state index contributed by atoms with van der Waals surface area (Å²) in [6.07, 6.45) is 5.39. The van der Waals surface area contributed by atoms with E-state index in [0.717, 1.165) is 36.4 Å². The Morgan fingerprint density at radius 1 is 1.16 bits per heavy atom. The number of hydrogen-bond acceptors (Lipinski definition) is 3. The number of para-hydroxylation sites is 1. The molecule has 0 bridgehead atoms. The van der Waals surface area contributed by atoms with Crippen LogP contribution in [0.25, 0.3) is 5.69 Å². The van der Waals surface area contributed by atoms with Gasteiger partial charge in [0.1, 0.15) is 6.33 Å². The average molecular weight is 456 g/mol. The maximum Gasteiger partial charge on any atom is 0.191 e. The zero-order valence-electron chi connectivity index (χ0n) is 15.3. The number of rotatable bonds is 8. The molecule has 2 rings (SSSR count). The molecule has 0 saturated carbocycles. The second-order valence-electron chi connectivity index (χ2n) is 6.19. The van der Waals surface area contributed by atoms with Crippen LogP contribution >= 0.6 is 24.0 Å². The normalized spacial score (nSPS) is 11.3. The first kappa shape index (κ1) is 21.4. The Labute approximate surface area is 167 Å². The summed E-state index contributed by atoms with van der Waals surface area (Å²) in [5.74, 6) is 2.41. The van der Waals surface area contributed by atoms with Crippen molar-refractivity contribution >= 4 is 29.9 Å². The van der Waals surface area contributed by atoms with Crippen molar-refractivity contribution in [1.82, 2.24) is 25.4 Å². The van der Waals surface area contributed by atoms with E-state index < -0.39 is 0 Å². The number of aromatic nitrogens is 3. The van der Waals surface area contributed by atoms with Crippen molar-refractivity contribution in [3.8, 4) is 5.69 Å². The zero-order valence-corrected chi connectivity index (χ0v) is 17.6. The van der Waals surface area contributed by atoms with Crippen LogP contribution in [0.4, 0.5) is 0 Å². The van der Waals surface area contributed by atoms with Crippen LogP contribution in [-0.4, -0.2) is 34.3 Å². The molecule has 0 aliphatic rings. The Morgan fingerprint density at radius 2 is 1.92 bits per heavy atom. The molecule has 2 aromatic rings. The number of hydrogen-bond donors (Lipinski definition) is 2. The Kier molecular flexibility index (Phi) is 10.1. The highest BCUT2D eigenvalue weighted by Gasteiger charge is 2.07. The topological polar surface area (TPSA) is 67.1 Å². The molecule has 0 aliphatic heterocycles. The van der Waals surface area contributed by atoms with Gasteiger partial charge in [-0.15, -0.1) is 34.2 Å². The zero-order chi connectivity index (χ0) is 17.2. The standard InChI is InChI=1S/C18H28N6.HI/c1-15(2)9-7-8-12-20-18(19-3)21-13-17-23-22-14-24(17)16-10-5-4-6-11-16;/h4-6,10-11,14-15H,7-9,12-13H2,1-3H3,(H2,19,20,21);1H. The van der Waals surface area contributed by atoms with Crippen LogP contribution in [-0.2, 0) is 6.54 Å². The van der Waals surface area contributed by atoms with Gasteiger partial charge in [0.15, 0.2) is 11.8 Å². The minimum absolute atomic E-state index is 0. The lowest BCUT2D eigenvalue weighted by molar-refractivity contribution is 0.534. The number of guanidine groups is 1. The van der Waals surface area contributed by atoms with Crippen LogP contribution in [0, 0.1) is 5.92 Å². The van der Waals surface area contributed by atoms with Gasteiger partial charge in [-0.05, 0) is 24.5 Å². The molecule has 0 atom stereocenters. The fourth-order valence-corrected chi connectivity index (χ4v) is 2.45. The van der Waals surface area contributed by atoms with E-state index in [2.05, 4.69) is 39.7 Å². The van der Waals surface area contributed by atoms with Crippen molar-refractivity contribution in [3.63, 3.8) is 0 Å². The Morgan fingerprint density at radius 3 is 2.60 bits per heavy atom. The van der Waals surface area contributed by atoms with Crippen LogP contribution in [0.3, 0.4) is 0 Å². The number of unbranched alkanes of at least 4 members (excludes halogenated alkanes) is 1. The van der Waals surface area contributed by atoms with Crippen molar-refractivity contribution in [2.24, 2.45) is 10.9 Å². The third-order valence-corrected chi connectivity index (χ3v) is 3.79. The minimum Gasteiger partial charge on any atom is -0.356 e. The van der Waals surface area contributed by atoms with Crippen molar-refractivity contribution in [2.75, 3.05) is 13.6 Å². The van der Waals surface area contributed by atoms with Crippen LogP contribution in [0.15, 0.2) is 41.7 Å². The average Bonchev–Trinajstić information content (AvgIpc) is 3.06. The second-order valence-corrected chi connectivity index (χ2v) is 6.19. The van der Waals surface area contributed by atoms with Gasteiger partial charge in [0.2, 0.25) is 0 Å². The third-order valence-electron chi connectivity index (χ3n) is 3.79. The predicted octanol–water partition coefficient (Wildman–Crippen LogP) is 3.38. The third kappa shape index (κ3) is 7.41. The number of nitrogens with one attached hydrogen (secondary N) is 2. The molecule has 0 radical (unpaired) electrons. The predicted molar refractivity (Wildman–Crippen MR) is 114 cm³/mol. The van der Waals surface area contributed by atoms with Crippen LogP contribution in [0.2, 0.25) is 0 Å². The van der Waals surface area contributed by atoms with Crippen molar-refractivity contribution in [2.45, 2.75) is 39.7 Å². The van der Waals surface area contributed by atoms with Gasteiger partial charge in [-0.3, -0.25) is 9.56 Å². The van der Waals surface area contributed by atoms with Gasteiger partial charge in [0.25, 0.3) is 0 Å². The van der Waals surface area contributed by atoms with E-state index in [1.54, 1.807) is 13.4 Å². The molecule has 138 valence electrons. The first-order chi connectivity index (χ1) is 11.7. The van der Waals surface area contributed by atoms with Crippen molar-refractivity contribution < 1.29 is 0 Å². The highest BCUT2D eigenvalue weighted by Crippen LogP contribution is 2.08. The fourth-order valence-electron chi connectivity index (χ4n) is 2.45. The van der Waals surface area contributed by atoms with E-state index in [4.69, 9.17) is 0 Å². The molecule has 0 fully saturated rings. The molecule has 25 heavy (non-hydrogen) atoms. The molecule has 0 spiro atoms. The van der Waals surface area contributed by atoms with E-state index >= 15 is 0 Å². The van der Waals surface area contributed by atoms with E-state index in [9.17, 15) is 0 Å². The first-order valence-electron chi connectivity index (χ1n) is 8.59. The summed E-state index contributed by atoms with van der Waals surface area (Å²) in [4.78, 5) is 4.26. The highest BCUT2D eigenvalue weighted by molar-refractivity contribution is 14.0. The Hall–Kier alpha value is -1.64. The molecule has 0 amide bonds. The van der Waals surface area contributed by atoms with Gasteiger partial charge >= 0.3 is 0 Å². The summed E-state index contributed by atoms with van der Waals surface area (Å²) in [7, 11) is 1.78. The van der Waals surface area contributed by atoms with Crippen LogP contribution in [0.1, 0.15) is 38.9 Å². The van der Waals surface area contributed by atoms with Crippen molar-refractivity contribution in [3.05, 3.63) is 42.5 Å². The van der Waals surface area contributed by atoms with Gasteiger partial charge in [-0.25, -0.2) is 0 Å². The molecular weight excluding hydrogens is 427 g/mol. The smallest absolute Gasteiger partial charge is 0.191 e. The van der Waals surface area contributed by atoms with Crippen LogP contribution < -0.4 is 10.6 Å². The lowest BCUT2D eigenvalue weighted by Crippen LogP contribution is -2.37. The molecule has 0 saturated heterocycles. The first-order valence-corrected chi connectivity index (χ1v) is 8.59. The van der Waals surface area contributed by atoms with Gasteiger partial charge in [0, 0.05) is 19.3 Å². The summed E-state index contributed by atoms with van der Waals surface area (Å²) >= 11 is 0. The lowest BCUT2D eigenvalue weighted by Gasteiger charge is -2.12. The van der Waals surface area contributed by atoms with E-state index in [-0.39, 0.29) is 24.0 Å². The quantitative estimate of drug-likeness (QED) is 0.277. The maximum absolute atomic E-state index is 4.26. The number of halogens is 1. The summed E-state index contributed by atoms with van der Waals surface area (Å²) in [6.45, 7) is 6.02.